The average molecular weight is 437 g/mol. The summed E-state index contributed by atoms with van der Waals surface area (Å²) < 4.78 is 57.1. The van der Waals surface area contributed by atoms with Crippen LogP contribution < -0.4 is 14.8 Å². The Bertz CT molecular complexity index is 1010. The molecular weight excluding hydrogens is 415 g/mol. The van der Waals surface area contributed by atoms with Crippen LogP contribution in [-0.2, 0) is 4.74 Å². The van der Waals surface area contributed by atoms with Crippen molar-refractivity contribution in [1.29, 1.82) is 0 Å². The summed E-state index contributed by atoms with van der Waals surface area (Å²) in [6.07, 6.45) is -1.41. The predicted octanol–water partition coefficient (Wildman–Crippen LogP) is 4.34. The van der Waals surface area contributed by atoms with Crippen LogP contribution in [0, 0.1) is 0 Å². The zero-order valence-corrected chi connectivity index (χ0v) is 16.8. The van der Waals surface area contributed by atoms with E-state index in [-0.39, 0.29) is 18.1 Å². The summed E-state index contributed by atoms with van der Waals surface area (Å²) >= 11 is 0. The Labute approximate surface area is 176 Å². The van der Waals surface area contributed by atoms with E-state index < -0.39 is 19.1 Å². The molecule has 0 amide bonds. The molecule has 31 heavy (non-hydrogen) atoms. The number of imidazole rings is 1. The lowest BCUT2D eigenvalue weighted by Crippen LogP contribution is -2.23. The molecule has 2 unspecified atom stereocenters. The highest BCUT2D eigenvalue weighted by molar-refractivity contribution is 5.83. The van der Waals surface area contributed by atoms with Crippen LogP contribution in [0.15, 0.2) is 30.6 Å². The van der Waals surface area contributed by atoms with Gasteiger partial charge >= 0.3 is 6.01 Å². The van der Waals surface area contributed by atoms with Crippen molar-refractivity contribution in [3.63, 3.8) is 0 Å². The van der Waals surface area contributed by atoms with Crippen molar-refractivity contribution >= 4 is 17.0 Å². The number of rotatable bonds is 8. The molecule has 0 spiro atoms. The summed E-state index contributed by atoms with van der Waals surface area (Å²) in [6, 6.07) is 6.74. The fraction of sp³-hybridized carbons (Fsp3) is 0.450. The molecule has 0 aliphatic carbocycles. The Morgan fingerprint density at radius 1 is 1.16 bits per heavy atom. The summed E-state index contributed by atoms with van der Waals surface area (Å²) in [5.41, 5.74) is 0.720. The molecule has 0 saturated carbocycles. The van der Waals surface area contributed by atoms with Crippen LogP contribution in [-0.4, -0.2) is 52.4 Å². The molecule has 1 fully saturated rings. The first-order valence-corrected chi connectivity index (χ1v) is 9.89. The zero-order chi connectivity index (χ0) is 21.8. The Kier molecular flexibility index (Phi) is 6.40. The third-order valence-corrected chi connectivity index (χ3v) is 4.87. The number of halogens is 3. The van der Waals surface area contributed by atoms with Crippen LogP contribution in [0.1, 0.15) is 25.5 Å². The number of methoxy groups -OCH3 is 1. The topological polar surface area (TPSA) is 83.3 Å². The molecule has 2 aromatic heterocycles. The van der Waals surface area contributed by atoms with Gasteiger partial charge in [0.2, 0.25) is 0 Å². The second kappa shape index (κ2) is 9.38. The first-order valence-electron chi connectivity index (χ1n) is 9.89. The minimum atomic E-state index is -3.10. The minimum Gasteiger partial charge on any atom is -0.497 e. The van der Waals surface area contributed by atoms with Gasteiger partial charge in [-0.15, -0.1) is 0 Å². The van der Waals surface area contributed by atoms with Gasteiger partial charge in [0.25, 0.3) is 6.43 Å². The number of hydrogen-bond acceptors (Lipinski definition) is 7. The fourth-order valence-electron chi connectivity index (χ4n) is 3.25. The highest BCUT2D eigenvalue weighted by Gasteiger charge is 2.24. The van der Waals surface area contributed by atoms with E-state index in [9.17, 15) is 13.2 Å². The molecule has 11 heteroatoms. The molecule has 1 aliphatic heterocycles. The first-order chi connectivity index (χ1) is 15.0. The Balaban J connectivity index is 1.68. The number of alkyl halides is 3. The highest BCUT2D eigenvalue weighted by atomic mass is 19.3. The van der Waals surface area contributed by atoms with Crippen LogP contribution in [0.25, 0.3) is 11.2 Å². The molecule has 166 valence electrons. The van der Waals surface area contributed by atoms with E-state index in [0.717, 1.165) is 19.3 Å². The molecule has 4 rings (SSSR count). The van der Waals surface area contributed by atoms with Gasteiger partial charge in [0.1, 0.15) is 17.7 Å². The van der Waals surface area contributed by atoms with Crippen LogP contribution in [0.5, 0.6) is 17.5 Å². The van der Waals surface area contributed by atoms with Gasteiger partial charge in [-0.3, -0.25) is 4.57 Å². The minimum absolute atomic E-state index is 0.0369. The predicted molar refractivity (Wildman–Crippen MR) is 107 cm³/mol. The van der Waals surface area contributed by atoms with Crippen molar-refractivity contribution < 1.29 is 27.4 Å². The molecule has 1 aromatic carbocycles. The first kappa shape index (κ1) is 21.2. The van der Waals surface area contributed by atoms with Crippen molar-refractivity contribution in [3.8, 4) is 17.5 Å². The monoisotopic (exact) mass is 437 g/mol. The van der Waals surface area contributed by atoms with E-state index in [1.807, 2.05) is 0 Å². The second-order valence-corrected chi connectivity index (χ2v) is 7.01. The molecule has 1 saturated heterocycles. The smallest absolute Gasteiger partial charge is 0.326 e. The summed E-state index contributed by atoms with van der Waals surface area (Å²) in [6.45, 7) is -0.00774. The molecule has 1 N–H and O–H groups in total. The number of nitrogens with zero attached hydrogens (tertiary/aromatic N) is 4. The van der Waals surface area contributed by atoms with Crippen LogP contribution >= 0.6 is 0 Å². The summed E-state index contributed by atoms with van der Waals surface area (Å²) in [5, 5.41) is 2.61. The lowest BCUT2D eigenvalue weighted by Gasteiger charge is -2.23. The Morgan fingerprint density at radius 2 is 1.94 bits per heavy atom. The number of anilines is 1. The third-order valence-electron chi connectivity index (χ3n) is 4.87. The van der Waals surface area contributed by atoms with E-state index in [2.05, 4.69) is 20.3 Å². The molecule has 2 atom stereocenters. The van der Waals surface area contributed by atoms with Crippen LogP contribution in [0.2, 0.25) is 0 Å². The van der Waals surface area contributed by atoms with Crippen molar-refractivity contribution in [3.05, 3.63) is 30.6 Å². The Hall–Kier alpha value is -3.08. The molecule has 3 heterocycles. The highest BCUT2D eigenvalue weighted by Crippen LogP contribution is 2.30. The van der Waals surface area contributed by atoms with Crippen molar-refractivity contribution in [2.45, 2.75) is 38.1 Å². The van der Waals surface area contributed by atoms with Gasteiger partial charge in [-0.05, 0) is 43.5 Å². The molecule has 3 aromatic rings. The van der Waals surface area contributed by atoms with E-state index >= 15 is 0 Å². The largest absolute Gasteiger partial charge is 0.497 e. The van der Waals surface area contributed by atoms with Gasteiger partial charge in [-0.2, -0.15) is 9.97 Å². The van der Waals surface area contributed by atoms with Gasteiger partial charge in [-0.1, -0.05) is 0 Å². The molecule has 8 nitrogen and oxygen atoms in total. The summed E-state index contributed by atoms with van der Waals surface area (Å²) in [4.78, 5) is 13.0. The Morgan fingerprint density at radius 3 is 2.61 bits per heavy atom. The van der Waals surface area contributed by atoms with Crippen LogP contribution in [0.3, 0.4) is 0 Å². The van der Waals surface area contributed by atoms with E-state index in [1.54, 1.807) is 42.3 Å². The lowest BCUT2D eigenvalue weighted by atomic mass is 10.2. The van der Waals surface area contributed by atoms with E-state index in [4.69, 9.17) is 14.2 Å². The van der Waals surface area contributed by atoms with Gasteiger partial charge < -0.3 is 19.5 Å². The van der Waals surface area contributed by atoms with Crippen molar-refractivity contribution in [2.24, 2.45) is 0 Å². The quantitative estimate of drug-likeness (QED) is 0.561. The summed E-state index contributed by atoms with van der Waals surface area (Å²) in [5.74, 6) is 1.20. The number of hydrogen-bond donors (Lipinski definition) is 1. The third kappa shape index (κ3) is 4.82. The molecule has 1 aliphatic rings. The number of aromatic nitrogens is 4. The number of benzene rings is 1. The zero-order valence-electron chi connectivity index (χ0n) is 16.8. The average Bonchev–Trinajstić information content (AvgIpc) is 3.22. The summed E-state index contributed by atoms with van der Waals surface area (Å²) in [7, 11) is 1.55. The van der Waals surface area contributed by atoms with Crippen molar-refractivity contribution in [2.75, 3.05) is 25.6 Å². The SMILES string of the molecule is COc1ccc(Oc2nc(NCC(F)C(F)F)c3ncn(C4CCCCO4)c3n2)cc1. The van der Waals surface area contributed by atoms with E-state index in [1.165, 1.54) is 0 Å². The lowest BCUT2D eigenvalue weighted by molar-refractivity contribution is -0.0298. The molecule has 0 bridgehead atoms. The van der Waals surface area contributed by atoms with Crippen LogP contribution in [0.4, 0.5) is 19.0 Å². The standard InChI is InChI=1S/C20H22F3N5O3/c1-29-12-5-7-13(8-6-12)31-20-26-18(24-10-14(21)17(22)23)16-19(27-20)28(11-25-16)15-4-2-3-9-30-15/h5-8,11,14-15,17H,2-4,9-10H2,1H3,(H,24,26,27). The number of fused-ring (bicyclic) bond motifs is 1. The van der Waals surface area contributed by atoms with Gasteiger partial charge in [-0.25, -0.2) is 18.2 Å². The maximum absolute atomic E-state index is 13.5. The number of ether oxygens (including phenoxy) is 3. The maximum atomic E-state index is 13.5. The van der Waals surface area contributed by atoms with Gasteiger partial charge in [0, 0.05) is 6.61 Å². The van der Waals surface area contributed by atoms with Gasteiger partial charge in [0.05, 0.1) is 20.0 Å². The molecule has 0 radical (unpaired) electrons. The van der Waals surface area contributed by atoms with E-state index in [0.29, 0.717) is 29.3 Å². The molecular formula is C20H22F3N5O3. The van der Waals surface area contributed by atoms with Crippen molar-refractivity contribution in [1.82, 2.24) is 19.5 Å². The normalized spacial score (nSPS) is 17.6. The maximum Gasteiger partial charge on any atom is 0.326 e. The fourth-order valence-corrected chi connectivity index (χ4v) is 3.25. The second-order valence-electron chi connectivity index (χ2n) is 7.01. The number of nitrogens with one attached hydrogen (secondary N) is 1. The van der Waals surface area contributed by atoms with Gasteiger partial charge in [0.15, 0.2) is 23.2 Å².